The van der Waals surface area contributed by atoms with Crippen LogP contribution < -0.4 is 5.32 Å². The molecule has 0 aromatic rings. The quantitative estimate of drug-likeness (QED) is 0.837. The van der Waals surface area contributed by atoms with Crippen LogP contribution in [0.15, 0.2) is 0 Å². The van der Waals surface area contributed by atoms with Crippen LogP contribution in [-0.2, 0) is 4.79 Å². The lowest BCUT2D eigenvalue weighted by Crippen LogP contribution is -2.44. The number of carbonyl (C=O) groups excluding carboxylic acids is 1. The molecular weight excluding hydrogens is 248 g/mol. The minimum Gasteiger partial charge on any atom is -0.322 e. The van der Waals surface area contributed by atoms with Gasteiger partial charge in [-0.2, -0.15) is 0 Å². The van der Waals surface area contributed by atoms with Gasteiger partial charge in [0, 0.05) is 6.04 Å². The molecule has 0 aromatic heterocycles. The smallest absolute Gasteiger partial charge is 0.244 e. The van der Waals surface area contributed by atoms with Crippen molar-refractivity contribution in [2.75, 3.05) is 0 Å². The first-order valence-electron chi connectivity index (χ1n) is 8.68. The van der Waals surface area contributed by atoms with Crippen molar-refractivity contribution < 1.29 is 4.79 Å². The SMILES string of the molecule is CCCC1CC1N1C(=O)C2(CCCC2)NC1CC(C)C. The minimum atomic E-state index is -0.182. The number of amides is 1. The zero-order chi connectivity index (χ0) is 14.3. The fraction of sp³-hybridized carbons (Fsp3) is 0.941. The maximum atomic E-state index is 13.0. The Morgan fingerprint density at radius 3 is 2.65 bits per heavy atom. The molecule has 0 radical (unpaired) electrons. The van der Waals surface area contributed by atoms with E-state index >= 15 is 0 Å². The van der Waals surface area contributed by atoms with Crippen molar-refractivity contribution in [3.8, 4) is 0 Å². The van der Waals surface area contributed by atoms with Crippen LogP contribution in [0, 0.1) is 11.8 Å². The van der Waals surface area contributed by atoms with Crippen LogP contribution >= 0.6 is 0 Å². The largest absolute Gasteiger partial charge is 0.322 e. The summed E-state index contributed by atoms with van der Waals surface area (Å²) in [5.41, 5.74) is -0.182. The number of hydrogen-bond acceptors (Lipinski definition) is 2. The fourth-order valence-electron chi connectivity index (χ4n) is 4.43. The number of carbonyl (C=O) groups is 1. The fourth-order valence-corrected chi connectivity index (χ4v) is 4.43. The summed E-state index contributed by atoms with van der Waals surface area (Å²) in [6.07, 6.45) is 9.71. The Balaban J connectivity index is 1.76. The molecule has 1 saturated heterocycles. The lowest BCUT2D eigenvalue weighted by Gasteiger charge is -2.26. The molecule has 3 nitrogen and oxygen atoms in total. The van der Waals surface area contributed by atoms with Crippen LogP contribution in [0.25, 0.3) is 0 Å². The molecule has 3 rings (SSSR count). The molecule has 2 saturated carbocycles. The highest BCUT2D eigenvalue weighted by molar-refractivity contribution is 5.89. The van der Waals surface area contributed by atoms with Crippen LogP contribution in [0.2, 0.25) is 0 Å². The maximum absolute atomic E-state index is 13.0. The third-order valence-electron chi connectivity index (χ3n) is 5.48. The second-order valence-electron chi connectivity index (χ2n) is 7.64. The number of nitrogens with zero attached hydrogens (tertiary/aromatic N) is 1. The van der Waals surface area contributed by atoms with E-state index in [0.29, 0.717) is 24.0 Å². The van der Waals surface area contributed by atoms with Crippen LogP contribution in [0.4, 0.5) is 0 Å². The summed E-state index contributed by atoms with van der Waals surface area (Å²) in [6, 6.07) is 0.540. The van der Waals surface area contributed by atoms with Crippen LogP contribution in [0.5, 0.6) is 0 Å². The summed E-state index contributed by atoms with van der Waals surface area (Å²) >= 11 is 0. The highest BCUT2D eigenvalue weighted by atomic mass is 16.2. The topological polar surface area (TPSA) is 32.3 Å². The molecule has 1 amide bonds. The van der Waals surface area contributed by atoms with Gasteiger partial charge in [0.05, 0.1) is 11.7 Å². The Bertz CT molecular complexity index is 373. The molecule has 3 aliphatic rings. The first kappa shape index (κ1) is 14.4. The van der Waals surface area contributed by atoms with Crippen LogP contribution in [-0.4, -0.2) is 28.6 Å². The molecule has 3 unspecified atom stereocenters. The molecule has 0 bridgehead atoms. The summed E-state index contributed by atoms with van der Waals surface area (Å²) in [4.78, 5) is 15.3. The van der Waals surface area contributed by atoms with E-state index in [1.165, 1.54) is 32.1 Å². The minimum absolute atomic E-state index is 0.182. The molecular formula is C17H30N2O. The standard InChI is InChI=1S/C17H30N2O/c1-4-7-13-11-14(13)19-15(10-12(2)3)18-17(16(19)20)8-5-6-9-17/h12-15,18H,4-11H2,1-3H3. The maximum Gasteiger partial charge on any atom is 0.244 e. The van der Waals surface area contributed by atoms with Gasteiger partial charge in [0.2, 0.25) is 5.91 Å². The second kappa shape index (κ2) is 5.32. The van der Waals surface area contributed by atoms with Gasteiger partial charge in [-0.25, -0.2) is 0 Å². The van der Waals surface area contributed by atoms with Gasteiger partial charge in [-0.1, -0.05) is 40.0 Å². The Labute approximate surface area is 123 Å². The lowest BCUT2D eigenvalue weighted by atomic mass is 9.98. The van der Waals surface area contributed by atoms with Gasteiger partial charge >= 0.3 is 0 Å². The van der Waals surface area contributed by atoms with E-state index in [9.17, 15) is 4.79 Å². The van der Waals surface area contributed by atoms with Crippen LogP contribution in [0.1, 0.15) is 72.1 Å². The number of nitrogens with one attached hydrogen (secondary N) is 1. The van der Waals surface area contributed by atoms with Crippen molar-refractivity contribution in [3.05, 3.63) is 0 Å². The molecule has 0 aromatic carbocycles. The molecule has 20 heavy (non-hydrogen) atoms. The van der Waals surface area contributed by atoms with Gasteiger partial charge in [0.15, 0.2) is 0 Å². The van der Waals surface area contributed by atoms with E-state index in [-0.39, 0.29) is 5.54 Å². The molecule has 3 heteroatoms. The zero-order valence-corrected chi connectivity index (χ0v) is 13.3. The van der Waals surface area contributed by atoms with E-state index in [1.807, 2.05) is 0 Å². The first-order chi connectivity index (χ1) is 9.57. The van der Waals surface area contributed by atoms with Crippen molar-refractivity contribution >= 4 is 5.91 Å². The third-order valence-corrected chi connectivity index (χ3v) is 5.48. The van der Waals surface area contributed by atoms with Crippen molar-refractivity contribution in [1.29, 1.82) is 0 Å². The van der Waals surface area contributed by atoms with Crippen molar-refractivity contribution in [1.82, 2.24) is 10.2 Å². The van der Waals surface area contributed by atoms with Crippen molar-refractivity contribution in [3.63, 3.8) is 0 Å². The molecule has 2 aliphatic carbocycles. The predicted octanol–water partition coefficient (Wildman–Crippen LogP) is 3.29. The molecule has 3 fully saturated rings. The van der Waals surface area contributed by atoms with E-state index in [2.05, 4.69) is 31.0 Å². The normalized spacial score (nSPS) is 35.5. The van der Waals surface area contributed by atoms with Gasteiger partial charge in [0.1, 0.15) is 0 Å². The Kier molecular flexibility index (Phi) is 3.83. The molecule has 1 N–H and O–H groups in total. The highest BCUT2D eigenvalue weighted by Crippen LogP contribution is 2.46. The zero-order valence-electron chi connectivity index (χ0n) is 13.3. The van der Waals surface area contributed by atoms with E-state index < -0.39 is 0 Å². The van der Waals surface area contributed by atoms with Crippen LogP contribution in [0.3, 0.4) is 0 Å². The average molecular weight is 278 g/mol. The average Bonchev–Trinajstić information content (AvgIpc) is 2.87. The molecule has 3 atom stereocenters. The van der Waals surface area contributed by atoms with E-state index in [4.69, 9.17) is 0 Å². The number of hydrogen-bond donors (Lipinski definition) is 1. The summed E-state index contributed by atoms with van der Waals surface area (Å²) in [5, 5.41) is 3.76. The van der Waals surface area contributed by atoms with Gasteiger partial charge in [-0.05, 0) is 43.9 Å². The Morgan fingerprint density at radius 2 is 2.05 bits per heavy atom. The lowest BCUT2D eigenvalue weighted by molar-refractivity contribution is -0.134. The Morgan fingerprint density at radius 1 is 1.35 bits per heavy atom. The molecule has 1 spiro atoms. The third kappa shape index (κ3) is 2.38. The molecule has 1 aliphatic heterocycles. The van der Waals surface area contributed by atoms with Gasteiger partial charge in [-0.3, -0.25) is 10.1 Å². The van der Waals surface area contributed by atoms with Crippen molar-refractivity contribution in [2.45, 2.75) is 89.9 Å². The highest BCUT2D eigenvalue weighted by Gasteiger charge is 2.57. The van der Waals surface area contributed by atoms with E-state index in [1.54, 1.807) is 0 Å². The monoisotopic (exact) mass is 278 g/mol. The predicted molar refractivity (Wildman–Crippen MR) is 81.2 cm³/mol. The summed E-state index contributed by atoms with van der Waals surface area (Å²) in [7, 11) is 0. The van der Waals surface area contributed by atoms with Gasteiger partial charge in [-0.15, -0.1) is 0 Å². The molecule has 114 valence electrons. The summed E-state index contributed by atoms with van der Waals surface area (Å²) in [5.74, 6) is 1.85. The van der Waals surface area contributed by atoms with Crippen molar-refractivity contribution in [2.24, 2.45) is 11.8 Å². The van der Waals surface area contributed by atoms with E-state index in [0.717, 1.165) is 25.2 Å². The first-order valence-corrected chi connectivity index (χ1v) is 8.68. The number of rotatable bonds is 5. The summed E-state index contributed by atoms with van der Waals surface area (Å²) in [6.45, 7) is 6.78. The van der Waals surface area contributed by atoms with Gasteiger partial charge < -0.3 is 4.90 Å². The molecule has 1 heterocycles. The second-order valence-corrected chi connectivity index (χ2v) is 7.64. The van der Waals surface area contributed by atoms with Gasteiger partial charge in [0.25, 0.3) is 0 Å². The summed E-state index contributed by atoms with van der Waals surface area (Å²) < 4.78 is 0. The Hall–Kier alpha value is -0.570.